The summed E-state index contributed by atoms with van der Waals surface area (Å²) in [6.07, 6.45) is 5.96. The van der Waals surface area contributed by atoms with Gasteiger partial charge in [-0.05, 0) is 37.8 Å². The third-order valence-electron chi connectivity index (χ3n) is 4.61. The second-order valence-corrected chi connectivity index (χ2v) is 9.27. The minimum atomic E-state index is -3.45. The van der Waals surface area contributed by atoms with Gasteiger partial charge in [-0.25, -0.2) is 18.4 Å². The second-order valence-electron chi connectivity index (χ2n) is 6.72. The van der Waals surface area contributed by atoms with Gasteiger partial charge in [0.1, 0.15) is 6.10 Å². The van der Waals surface area contributed by atoms with Gasteiger partial charge in [0.25, 0.3) is 0 Å². The molecule has 0 radical (unpaired) electrons. The Morgan fingerprint density at radius 3 is 2.39 bits per heavy atom. The molecule has 7 nitrogen and oxygen atoms in total. The molecule has 28 heavy (non-hydrogen) atoms. The van der Waals surface area contributed by atoms with Gasteiger partial charge < -0.3 is 10.1 Å². The van der Waals surface area contributed by atoms with Crippen molar-refractivity contribution in [3.05, 3.63) is 47.7 Å². The lowest BCUT2D eigenvalue weighted by Gasteiger charge is -2.28. The van der Waals surface area contributed by atoms with Crippen molar-refractivity contribution in [2.75, 3.05) is 5.75 Å². The van der Waals surface area contributed by atoms with Crippen molar-refractivity contribution in [1.29, 1.82) is 0 Å². The molecule has 1 N–H and O–H groups in total. The number of rotatable bonds is 7. The van der Waals surface area contributed by atoms with Gasteiger partial charge in [-0.3, -0.25) is 4.79 Å². The average Bonchev–Trinajstić information content (AvgIpc) is 2.70. The number of aromatic nitrogens is 2. The molecule has 9 heteroatoms. The predicted octanol–water partition coefficient (Wildman–Crippen LogP) is 2.80. The van der Waals surface area contributed by atoms with Gasteiger partial charge in [-0.15, -0.1) is 0 Å². The molecular weight excluding hydrogens is 402 g/mol. The number of carbonyl (C=O) groups excluding carboxylic acids is 1. The summed E-state index contributed by atoms with van der Waals surface area (Å²) < 4.78 is 30.2. The molecule has 2 aromatic rings. The molecule has 0 saturated heterocycles. The first kappa shape index (κ1) is 20.5. The third kappa shape index (κ3) is 5.90. The van der Waals surface area contributed by atoms with E-state index in [0.29, 0.717) is 11.0 Å². The van der Waals surface area contributed by atoms with Gasteiger partial charge in [0.2, 0.25) is 5.91 Å². The lowest BCUT2D eigenvalue weighted by atomic mass is 9.93. The number of hydrogen-bond acceptors (Lipinski definition) is 6. The molecule has 1 aromatic heterocycles. The molecule has 1 amide bonds. The second kappa shape index (κ2) is 9.34. The summed E-state index contributed by atoms with van der Waals surface area (Å²) in [5, 5.41) is 3.38. The highest BCUT2D eigenvalue weighted by Gasteiger charge is 2.25. The minimum absolute atomic E-state index is 0.00668. The molecule has 0 aliphatic heterocycles. The maximum atomic E-state index is 12.2. The Morgan fingerprint density at radius 1 is 1.11 bits per heavy atom. The molecule has 1 aromatic carbocycles. The molecule has 3 rings (SSSR count). The Balaban J connectivity index is 1.40. The van der Waals surface area contributed by atoms with Crippen LogP contribution in [0.25, 0.3) is 0 Å². The van der Waals surface area contributed by atoms with E-state index in [-0.39, 0.29) is 35.1 Å². The van der Waals surface area contributed by atoms with Crippen LogP contribution in [0.1, 0.15) is 32.1 Å². The van der Waals surface area contributed by atoms with E-state index in [1.807, 2.05) is 0 Å². The van der Waals surface area contributed by atoms with Crippen molar-refractivity contribution in [3.8, 4) is 6.01 Å². The lowest BCUT2D eigenvalue weighted by Crippen LogP contribution is -2.40. The van der Waals surface area contributed by atoms with Gasteiger partial charge in [-0.2, -0.15) is 0 Å². The topological polar surface area (TPSA) is 98.2 Å². The zero-order valence-electron chi connectivity index (χ0n) is 15.3. The highest BCUT2D eigenvalue weighted by Crippen LogP contribution is 2.22. The molecule has 0 bridgehead atoms. The Hall–Kier alpha value is -2.19. The van der Waals surface area contributed by atoms with Crippen LogP contribution in [0.15, 0.2) is 47.6 Å². The Morgan fingerprint density at radius 2 is 1.75 bits per heavy atom. The number of nitrogens with one attached hydrogen (secondary N) is 1. The Kier molecular flexibility index (Phi) is 6.85. The lowest BCUT2D eigenvalue weighted by molar-refractivity contribution is -0.121. The standard InChI is InChI=1S/C19H22ClN3O4S/c20-14-12-21-19(22-13-14)27-16-8-6-15(7-9-16)23-18(24)10-11-28(25,26)17-4-2-1-3-5-17/h1-5,12-13,15-16H,6-11H2,(H,23,24). The van der Waals surface area contributed by atoms with Crippen molar-refractivity contribution >= 4 is 27.3 Å². The van der Waals surface area contributed by atoms with Gasteiger partial charge in [0.05, 0.1) is 28.1 Å². The Bertz CT molecular complexity index is 883. The molecule has 0 atom stereocenters. The van der Waals surface area contributed by atoms with Gasteiger partial charge >= 0.3 is 6.01 Å². The Labute approximate surface area is 169 Å². The number of sulfone groups is 1. The number of benzene rings is 1. The summed E-state index contributed by atoms with van der Waals surface area (Å²) in [7, 11) is -3.45. The molecule has 150 valence electrons. The van der Waals surface area contributed by atoms with Crippen LogP contribution in [-0.4, -0.2) is 42.2 Å². The van der Waals surface area contributed by atoms with Crippen molar-refractivity contribution in [1.82, 2.24) is 15.3 Å². The number of halogens is 1. The molecule has 1 heterocycles. The van der Waals surface area contributed by atoms with E-state index < -0.39 is 9.84 Å². The number of carbonyl (C=O) groups is 1. The summed E-state index contributed by atoms with van der Waals surface area (Å²) in [6, 6.07) is 8.49. The van der Waals surface area contributed by atoms with Crippen molar-refractivity contribution in [2.45, 2.75) is 49.1 Å². The van der Waals surface area contributed by atoms with Crippen LogP contribution in [0.2, 0.25) is 5.02 Å². The monoisotopic (exact) mass is 423 g/mol. The first-order valence-corrected chi connectivity index (χ1v) is 11.2. The van der Waals surface area contributed by atoms with Gasteiger partial charge in [0, 0.05) is 12.5 Å². The maximum Gasteiger partial charge on any atom is 0.316 e. The van der Waals surface area contributed by atoms with E-state index in [4.69, 9.17) is 16.3 Å². The van der Waals surface area contributed by atoms with Crippen LogP contribution in [0.5, 0.6) is 6.01 Å². The van der Waals surface area contributed by atoms with Crippen LogP contribution in [0.4, 0.5) is 0 Å². The fraction of sp³-hybridized carbons (Fsp3) is 0.421. The van der Waals surface area contributed by atoms with Gasteiger partial charge in [0.15, 0.2) is 9.84 Å². The van der Waals surface area contributed by atoms with Crippen molar-refractivity contribution in [2.24, 2.45) is 0 Å². The molecule has 0 spiro atoms. The largest absolute Gasteiger partial charge is 0.460 e. The van der Waals surface area contributed by atoms with E-state index in [9.17, 15) is 13.2 Å². The predicted molar refractivity (Wildman–Crippen MR) is 105 cm³/mol. The average molecular weight is 424 g/mol. The smallest absolute Gasteiger partial charge is 0.316 e. The molecule has 1 aliphatic rings. The SMILES string of the molecule is O=C(CCS(=O)(=O)c1ccccc1)NC1CCC(Oc2ncc(Cl)cn2)CC1. The highest BCUT2D eigenvalue weighted by atomic mass is 35.5. The zero-order chi connectivity index (χ0) is 20.0. The van der Waals surface area contributed by atoms with Crippen LogP contribution >= 0.6 is 11.6 Å². The first-order chi connectivity index (χ1) is 13.4. The van der Waals surface area contributed by atoms with E-state index in [1.54, 1.807) is 30.3 Å². The molecule has 1 fully saturated rings. The van der Waals surface area contributed by atoms with Crippen molar-refractivity contribution in [3.63, 3.8) is 0 Å². The van der Waals surface area contributed by atoms with Crippen LogP contribution in [-0.2, 0) is 14.6 Å². The number of amides is 1. The minimum Gasteiger partial charge on any atom is -0.460 e. The van der Waals surface area contributed by atoms with E-state index in [1.165, 1.54) is 12.4 Å². The summed E-state index contributed by atoms with van der Waals surface area (Å²) in [5.74, 6) is -0.445. The van der Waals surface area contributed by atoms with E-state index in [0.717, 1.165) is 25.7 Å². The number of ether oxygens (including phenoxy) is 1. The van der Waals surface area contributed by atoms with Crippen LogP contribution in [0, 0.1) is 0 Å². The van der Waals surface area contributed by atoms with Crippen LogP contribution in [0.3, 0.4) is 0 Å². The number of nitrogens with zero attached hydrogens (tertiary/aromatic N) is 2. The quantitative estimate of drug-likeness (QED) is 0.735. The van der Waals surface area contributed by atoms with E-state index in [2.05, 4.69) is 15.3 Å². The maximum absolute atomic E-state index is 12.2. The summed E-state index contributed by atoms with van der Waals surface area (Å²) in [5.41, 5.74) is 0. The van der Waals surface area contributed by atoms with Crippen LogP contribution < -0.4 is 10.1 Å². The third-order valence-corrected chi connectivity index (χ3v) is 6.54. The van der Waals surface area contributed by atoms with Crippen molar-refractivity contribution < 1.29 is 17.9 Å². The highest BCUT2D eigenvalue weighted by molar-refractivity contribution is 7.91. The fourth-order valence-electron chi connectivity index (χ4n) is 3.11. The molecular formula is C19H22ClN3O4S. The zero-order valence-corrected chi connectivity index (χ0v) is 16.8. The molecule has 1 saturated carbocycles. The van der Waals surface area contributed by atoms with Gasteiger partial charge in [-0.1, -0.05) is 29.8 Å². The summed E-state index contributed by atoms with van der Waals surface area (Å²) in [4.78, 5) is 20.4. The van der Waals surface area contributed by atoms with E-state index >= 15 is 0 Å². The fourth-order valence-corrected chi connectivity index (χ4v) is 4.47. The molecule has 1 aliphatic carbocycles. The number of hydrogen-bond donors (Lipinski definition) is 1. The summed E-state index contributed by atoms with van der Waals surface area (Å²) in [6.45, 7) is 0. The normalized spacial score (nSPS) is 19.8. The summed E-state index contributed by atoms with van der Waals surface area (Å²) >= 11 is 5.75. The molecule has 0 unspecified atom stereocenters. The first-order valence-electron chi connectivity index (χ1n) is 9.14.